The summed E-state index contributed by atoms with van der Waals surface area (Å²) >= 11 is 7.22. The van der Waals surface area contributed by atoms with Gasteiger partial charge < -0.3 is 15.0 Å². The van der Waals surface area contributed by atoms with Crippen LogP contribution in [0.3, 0.4) is 0 Å². The third-order valence-corrected chi connectivity index (χ3v) is 4.99. The molecule has 1 N–H and O–H groups in total. The Labute approximate surface area is 138 Å². The lowest BCUT2D eigenvalue weighted by Crippen LogP contribution is -2.48. The standard InChI is InChI=1S/C14H20ClN3O3S/c1-8(2)12(19)16-9-5-4-6-18(7-9)14-17-11(15)10(22-14)13(20)21-3/h8-9H,4-7H2,1-3H3,(H,16,19). The van der Waals surface area contributed by atoms with Crippen LogP contribution in [-0.4, -0.2) is 43.1 Å². The van der Waals surface area contributed by atoms with E-state index in [1.165, 1.54) is 18.4 Å². The Kier molecular flexibility index (Phi) is 5.63. The molecule has 1 unspecified atom stereocenters. The topological polar surface area (TPSA) is 71.5 Å². The highest BCUT2D eigenvalue weighted by Gasteiger charge is 2.26. The summed E-state index contributed by atoms with van der Waals surface area (Å²) in [7, 11) is 1.32. The number of hydrogen-bond acceptors (Lipinski definition) is 6. The third-order valence-electron chi connectivity index (χ3n) is 3.51. The van der Waals surface area contributed by atoms with Crippen LogP contribution < -0.4 is 10.2 Å². The molecule has 2 rings (SSSR count). The van der Waals surface area contributed by atoms with E-state index in [0.717, 1.165) is 19.4 Å². The number of aromatic nitrogens is 1. The number of methoxy groups -OCH3 is 1. The molecule has 0 aromatic carbocycles. The summed E-state index contributed by atoms with van der Waals surface area (Å²) in [6.45, 7) is 5.25. The van der Waals surface area contributed by atoms with Crippen molar-refractivity contribution in [1.29, 1.82) is 0 Å². The average molecular weight is 346 g/mol. The molecule has 1 aromatic heterocycles. The van der Waals surface area contributed by atoms with Gasteiger partial charge in [-0.1, -0.05) is 36.8 Å². The van der Waals surface area contributed by atoms with Crippen LogP contribution in [0.5, 0.6) is 0 Å². The highest BCUT2D eigenvalue weighted by Crippen LogP contribution is 2.31. The van der Waals surface area contributed by atoms with E-state index in [4.69, 9.17) is 11.6 Å². The molecule has 1 atom stereocenters. The normalized spacial score (nSPS) is 18.4. The highest BCUT2D eigenvalue weighted by molar-refractivity contribution is 7.18. The number of halogens is 1. The lowest BCUT2D eigenvalue weighted by Gasteiger charge is -2.33. The number of nitrogens with one attached hydrogen (secondary N) is 1. The summed E-state index contributed by atoms with van der Waals surface area (Å²) in [5, 5.41) is 3.90. The SMILES string of the molecule is COC(=O)c1sc(N2CCCC(NC(=O)C(C)C)C2)nc1Cl. The summed E-state index contributed by atoms with van der Waals surface area (Å²) in [5.74, 6) is -0.453. The number of ether oxygens (including phenoxy) is 1. The fraction of sp³-hybridized carbons (Fsp3) is 0.643. The van der Waals surface area contributed by atoms with Crippen LogP contribution in [0.25, 0.3) is 0 Å². The molecule has 1 saturated heterocycles. The molecule has 122 valence electrons. The van der Waals surface area contributed by atoms with E-state index < -0.39 is 5.97 Å². The van der Waals surface area contributed by atoms with E-state index in [1.807, 2.05) is 13.8 Å². The van der Waals surface area contributed by atoms with Crippen molar-refractivity contribution in [3.63, 3.8) is 0 Å². The monoisotopic (exact) mass is 345 g/mol. The Morgan fingerprint density at radius 1 is 1.50 bits per heavy atom. The van der Waals surface area contributed by atoms with Gasteiger partial charge in [0.15, 0.2) is 15.2 Å². The lowest BCUT2D eigenvalue weighted by molar-refractivity contribution is -0.124. The van der Waals surface area contributed by atoms with E-state index in [9.17, 15) is 9.59 Å². The predicted molar refractivity (Wildman–Crippen MR) is 86.7 cm³/mol. The molecule has 8 heteroatoms. The molecule has 1 fully saturated rings. The second kappa shape index (κ2) is 7.28. The van der Waals surface area contributed by atoms with Crippen molar-refractivity contribution in [3.8, 4) is 0 Å². The maximum atomic E-state index is 11.8. The van der Waals surface area contributed by atoms with Gasteiger partial charge >= 0.3 is 5.97 Å². The van der Waals surface area contributed by atoms with Gasteiger partial charge in [-0.3, -0.25) is 4.79 Å². The smallest absolute Gasteiger partial charge is 0.351 e. The van der Waals surface area contributed by atoms with Crippen LogP contribution in [0, 0.1) is 5.92 Å². The zero-order chi connectivity index (χ0) is 16.3. The van der Waals surface area contributed by atoms with E-state index in [-0.39, 0.29) is 23.0 Å². The molecule has 1 aromatic rings. The first kappa shape index (κ1) is 17.0. The Bertz CT molecular complexity index is 562. The summed E-state index contributed by atoms with van der Waals surface area (Å²) in [4.78, 5) is 30.0. The van der Waals surface area contributed by atoms with Crippen molar-refractivity contribution in [2.45, 2.75) is 32.7 Å². The van der Waals surface area contributed by atoms with Crippen LogP contribution in [0.4, 0.5) is 5.13 Å². The van der Waals surface area contributed by atoms with Crippen LogP contribution in [0.2, 0.25) is 5.15 Å². The molecule has 6 nitrogen and oxygen atoms in total. The molecule has 22 heavy (non-hydrogen) atoms. The Morgan fingerprint density at radius 3 is 2.86 bits per heavy atom. The zero-order valence-corrected chi connectivity index (χ0v) is 14.5. The molecule has 1 aliphatic rings. The fourth-order valence-corrected chi connectivity index (χ4v) is 3.52. The second-order valence-electron chi connectivity index (χ2n) is 5.56. The van der Waals surface area contributed by atoms with Gasteiger partial charge in [0.1, 0.15) is 0 Å². The molecule has 1 amide bonds. The molecule has 0 bridgehead atoms. The number of nitrogens with zero attached hydrogens (tertiary/aromatic N) is 2. The number of rotatable bonds is 4. The minimum atomic E-state index is -0.476. The first-order chi connectivity index (χ1) is 10.4. The van der Waals surface area contributed by atoms with Gasteiger partial charge in [-0.2, -0.15) is 0 Å². The van der Waals surface area contributed by atoms with E-state index in [2.05, 4.69) is 19.9 Å². The number of esters is 1. The minimum Gasteiger partial charge on any atom is -0.465 e. The average Bonchev–Trinajstić information content (AvgIpc) is 2.88. The third kappa shape index (κ3) is 3.89. The minimum absolute atomic E-state index is 0.0318. The van der Waals surface area contributed by atoms with Gasteiger partial charge in [0.05, 0.1) is 7.11 Å². The molecular formula is C14H20ClN3O3S. The first-order valence-electron chi connectivity index (χ1n) is 7.22. The Balaban J connectivity index is 2.06. The number of anilines is 1. The molecular weight excluding hydrogens is 326 g/mol. The lowest BCUT2D eigenvalue weighted by atomic mass is 10.1. The molecule has 0 aliphatic carbocycles. The summed E-state index contributed by atoms with van der Waals surface area (Å²) in [5.41, 5.74) is 0. The second-order valence-corrected chi connectivity index (χ2v) is 6.89. The van der Waals surface area contributed by atoms with Crippen LogP contribution in [0.15, 0.2) is 0 Å². The van der Waals surface area contributed by atoms with Gasteiger partial charge in [-0.05, 0) is 12.8 Å². The Morgan fingerprint density at radius 2 is 2.23 bits per heavy atom. The van der Waals surface area contributed by atoms with Gasteiger partial charge in [-0.25, -0.2) is 9.78 Å². The van der Waals surface area contributed by atoms with Crippen LogP contribution >= 0.6 is 22.9 Å². The van der Waals surface area contributed by atoms with E-state index in [0.29, 0.717) is 16.6 Å². The van der Waals surface area contributed by atoms with Crippen molar-refractivity contribution in [2.75, 3.05) is 25.1 Å². The van der Waals surface area contributed by atoms with Gasteiger partial charge in [0.25, 0.3) is 0 Å². The number of hydrogen-bond donors (Lipinski definition) is 1. The molecule has 2 heterocycles. The van der Waals surface area contributed by atoms with Crippen molar-refractivity contribution >= 4 is 39.9 Å². The first-order valence-corrected chi connectivity index (χ1v) is 8.41. The number of carbonyl (C=O) groups excluding carboxylic acids is 2. The van der Waals surface area contributed by atoms with Gasteiger partial charge in [0, 0.05) is 25.0 Å². The predicted octanol–water partition coefficient (Wildman–Crippen LogP) is 2.32. The maximum Gasteiger partial charge on any atom is 0.351 e. The zero-order valence-electron chi connectivity index (χ0n) is 12.9. The summed E-state index contributed by atoms with van der Waals surface area (Å²) < 4.78 is 4.69. The number of amides is 1. The van der Waals surface area contributed by atoms with Crippen LogP contribution in [0.1, 0.15) is 36.4 Å². The quantitative estimate of drug-likeness (QED) is 0.848. The fourth-order valence-electron chi connectivity index (χ4n) is 2.28. The summed E-state index contributed by atoms with van der Waals surface area (Å²) in [6, 6.07) is 0.0907. The van der Waals surface area contributed by atoms with Crippen molar-refractivity contribution < 1.29 is 14.3 Å². The molecule has 0 saturated carbocycles. The molecule has 1 aliphatic heterocycles. The Hall–Kier alpha value is -1.34. The van der Waals surface area contributed by atoms with E-state index in [1.54, 1.807) is 0 Å². The van der Waals surface area contributed by atoms with Crippen LogP contribution in [-0.2, 0) is 9.53 Å². The number of piperidine rings is 1. The highest BCUT2D eigenvalue weighted by atomic mass is 35.5. The van der Waals surface area contributed by atoms with Gasteiger partial charge in [0.2, 0.25) is 5.91 Å². The number of thiazole rings is 1. The maximum absolute atomic E-state index is 11.8. The van der Waals surface area contributed by atoms with Crippen molar-refractivity contribution in [1.82, 2.24) is 10.3 Å². The largest absolute Gasteiger partial charge is 0.465 e. The molecule has 0 radical (unpaired) electrons. The number of carbonyl (C=O) groups is 2. The van der Waals surface area contributed by atoms with Gasteiger partial charge in [-0.15, -0.1) is 0 Å². The summed E-state index contributed by atoms with van der Waals surface area (Å²) in [6.07, 6.45) is 1.89. The van der Waals surface area contributed by atoms with Crippen molar-refractivity contribution in [2.24, 2.45) is 5.92 Å². The van der Waals surface area contributed by atoms with Crippen molar-refractivity contribution in [3.05, 3.63) is 10.0 Å². The molecule has 0 spiro atoms. The van der Waals surface area contributed by atoms with E-state index >= 15 is 0 Å².